The van der Waals surface area contributed by atoms with E-state index in [9.17, 15) is 4.79 Å². The molecule has 0 saturated heterocycles. The van der Waals surface area contributed by atoms with Crippen molar-refractivity contribution in [1.82, 2.24) is 10.2 Å². The lowest BCUT2D eigenvalue weighted by atomic mass is 10.2. The van der Waals surface area contributed by atoms with E-state index in [0.29, 0.717) is 12.2 Å². The molecule has 0 aliphatic heterocycles. The zero-order chi connectivity index (χ0) is 14.4. The van der Waals surface area contributed by atoms with E-state index in [-0.39, 0.29) is 5.97 Å². The second-order valence-corrected chi connectivity index (χ2v) is 6.31. The average Bonchev–Trinajstić information content (AvgIpc) is 2.89. The molecular formula is C13H15N3O2S2. The lowest BCUT2D eigenvalue weighted by Crippen LogP contribution is -2.00. The number of aryl methyl sites for hydroxylation is 1. The van der Waals surface area contributed by atoms with Crippen LogP contribution in [-0.4, -0.2) is 29.0 Å². The van der Waals surface area contributed by atoms with Crippen LogP contribution in [0.15, 0.2) is 28.6 Å². The molecule has 0 aliphatic carbocycles. The third-order valence-electron chi connectivity index (χ3n) is 2.55. The minimum absolute atomic E-state index is 0.208. The van der Waals surface area contributed by atoms with Gasteiger partial charge in [-0.15, -0.1) is 10.2 Å². The first kappa shape index (κ1) is 14.8. The highest BCUT2D eigenvalue weighted by molar-refractivity contribution is 8.01. The van der Waals surface area contributed by atoms with Crippen LogP contribution in [0, 0.1) is 6.92 Å². The van der Waals surface area contributed by atoms with Crippen molar-refractivity contribution in [2.75, 3.05) is 18.2 Å². The van der Waals surface area contributed by atoms with Crippen molar-refractivity contribution in [2.45, 2.75) is 17.7 Å². The number of carbonyl (C=O) groups is 1. The summed E-state index contributed by atoms with van der Waals surface area (Å²) in [6, 6.07) is 8.01. The number of para-hydroxylation sites is 1. The highest BCUT2D eigenvalue weighted by Gasteiger charge is 2.07. The molecule has 2 aromatic rings. The number of nitrogens with one attached hydrogen (secondary N) is 1. The van der Waals surface area contributed by atoms with Crippen molar-refractivity contribution < 1.29 is 9.53 Å². The van der Waals surface area contributed by atoms with Crippen molar-refractivity contribution >= 4 is 39.9 Å². The predicted molar refractivity (Wildman–Crippen MR) is 81.7 cm³/mol. The summed E-state index contributed by atoms with van der Waals surface area (Å²) in [5, 5.41) is 12.2. The van der Waals surface area contributed by atoms with Crippen molar-refractivity contribution in [3.63, 3.8) is 0 Å². The quantitative estimate of drug-likeness (QED) is 0.653. The maximum Gasteiger partial charge on any atom is 0.306 e. The number of esters is 1. The van der Waals surface area contributed by atoms with E-state index in [4.69, 9.17) is 0 Å². The van der Waals surface area contributed by atoms with Crippen LogP contribution >= 0.6 is 23.1 Å². The SMILES string of the molecule is COC(=O)CCSc1nnc(Nc2ccccc2C)s1. The molecule has 0 radical (unpaired) electrons. The number of thioether (sulfide) groups is 1. The van der Waals surface area contributed by atoms with Gasteiger partial charge in [-0.2, -0.15) is 0 Å². The zero-order valence-electron chi connectivity index (χ0n) is 11.3. The van der Waals surface area contributed by atoms with Gasteiger partial charge in [0.05, 0.1) is 13.5 Å². The van der Waals surface area contributed by atoms with E-state index in [1.54, 1.807) is 0 Å². The molecule has 7 heteroatoms. The van der Waals surface area contributed by atoms with Crippen molar-refractivity contribution in [3.05, 3.63) is 29.8 Å². The number of carbonyl (C=O) groups excluding carboxylic acids is 1. The Kier molecular flexibility index (Phi) is 5.37. The number of methoxy groups -OCH3 is 1. The standard InChI is InChI=1S/C13H15N3O2S2/c1-9-5-3-4-6-10(9)14-12-15-16-13(20-12)19-8-7-11(17)18-2/h3-6H,7-8H2,1-2H3,(H,14,15). The van der Waals surface area contributed by atoms with E-state index in [1.807, 2.05) is 31.2 Å². The highest BCUT2D eigenvalue weighted by atomic mass is 32.2. The van der Waals surface area contributed by atoms with Crippen LogP contribution in [0.2, 0.25) is 0 Å². The summed E-state index contributed by atoms with van der Waals surface area (Å²) < 4.78 is 5.43. The summed E-state index contributed by atoms with van der Waals surface area (Å²) in [5.41, 5.74) is 2.18. The fourth-order valence-electron chi connectivity index (χ4n) is 1.47. The Hall–Kier alpha value is -1.60. The van der Waals surface area contributed by atoms with Gasteiger partial charge in [0, 0.05) is 11.4 Å². The smallest absolute Gasteiger partial charge is 0.306 e. The third-order valence-corrected chi connectivity index (χ3v) is 4.53. The summed E-state index contributed by atoms with van der Waals surface area (Å²) >= 11 is 2.98. The predicted octanol–water partition coefficient (Wildman–Crippen LogP) is 3.25. The molecule has 0 saturated carbocycles. The molecule has 1 aromatic heterocycles. The minimum atomic E-state index is -0.208. The molecule has 0 bridgehead atoms. The number of rotatable bonds is 6. The van der Waals surface area contributed by atoms with E-state index >= 15 is 0 Å². The van der Waals surface area contributed by atoms with Crippen molar-refractivity contribution in [3.8, 4) is 0 Å². The zero-order valence-corrected chi connectivity index (χ0v) is 12.9. The number of hydrogen-bond donors (Lipinski definition) is 1. The van der Waals surface area contributed by atoms with Gasteiger partial charge in [0.25, 0.3) is 0 Å². The normalized spacial score (nSPS) is 10.3. The Morgan fingerprint density at radius 1 is 1.40 bits per heavy atom. The molecule has 0 atom stereocenters. The molecule has 0 amide bonds. The molecular weight excluding hydrogens is 294 g/mol. The van der Waals surface area contributed by atoms with E-state index < -0.39 is 0 Å². The summed E-state index contributed by atoms with van der Waals surface area (Å²) in [4.78, 5) is 11.0. The van der Waals surface area contributed by atoms with Gasteiger partial charge in [0.15, 0.2) is 4.34 Å². The van der Waals surface area contributed by atoms with E-state index in [0.717, 1.165) is 20.7 Å². The lowest BCUT2D eigenvalue weighted by Gasteiger charge is -2.04. The molecule has 1 heterocycles. The van der Waals surface area contributed by atoms with Gasteiger partial charge >= 0.3 is 5.97 Å². The van der Waals surface area contributed by atoms with Crippen molar-refractivity contribution in [2.24, 2.45) is 0 Å². The van der Waals surface area contributed by atoms with Gasteiger partial charge in [0.1, 0.15) is 0 Å². The van der Waals surface area contributed by atoms with Crippen LogP contribution in [-0.2, 0) is 9.53 Å². The number of anilines is 2. The third kappa shape index (κ3) is 4.21. The number of aromatic nitrogens is 2. The molecule has 1 aromatic carbocycles. The monoisotopic (exact) mass is 309 g/mol. The van der Waals surface area contributed by atoms with Crippen LogP contribution in [0.4, 0.5) is 10.8 Å². The van der Waals surface area contributed by atoms with Gasteiger partial charge in [0.2, 0.25) is 5.13 Å². The van der Waals surface area contributed by atoms with Gasteiger partial charge < -0.3 is 10.1 Å². The molecule has 0 unspecified atom stereocenters. The number of hydrogen-bond acceptors (Lipinski definition) is 7. The van der Waals surface area contributed by atoms with Crippen LogP contribution in [0.1, 0.15) is 12.0 Å². The molecule has 106 valence electrons. The fourth-order valence-corrected chi connectivity index (χ4v) is 3.22. The second kappa shape index (κ2) is 7.25. The largest absolute Gasteiger partial charge is 0.469 e. The topological polar surface area (TPSA) is 64.1 Å². The molecule has 5 nitrogen and oxygen atoms in total. The Morgan fingerprint density at radius 2 is 2.20 bits per heavy atom. The highest BCUT2D eigenvalue weighted by Crippen LogP contribution is 2.28. The summed E-state index contributed by atoms with van der Waals surface area (Å²) in [7, 11) is 1.39. The molecule has 0 aliphatic rings. The van der Waals surface area contributed by atoms with Gasteiger partial charge in [-0.3, -0.25) is 4.79 Å². The summed E-state index contributed by atoms with van der Waals surface area (Å²) in [5.74, 6) is 0.436. The Bertz CT molecular complexity index is 587. The van der Waals surface area contributed by atoms with Crippen LogP contribution in [0.5, 0.6) is 0 Å². The second-order valence-electron chi connectivity index (χ2n) is 3.99. The van der Waals surface area contributed by atoms with Crippen LogP contribution < -0.4 is 5.32 Å². The van der Waals surface area contributed by atoms with Gasteiger partial charge in [-0.1, -0.05) is 41.3 Å². The molecule has 0 spiro atoms. The minimum Gasteiger partial charge on any atom is -0.469 e. The van der Waals surface area contributed by atoms with Gasteiger partial charge in [-0.25, -0.2) is 0 Å². The maximum atomic E-state index is 11.0. The van der Waals surface area contributed by atoms with Crippen molar-refractivity contribution in [1.29, 1.82) is 0 Å². The Labute approximate surface area is 125 Å². The Balaban J connectivity index is 1.89. The van der Waals surface area contributed by atoms with Crippen LogP contribution in [0.25, 0.3) is 0 Å². The molecule has 20 heavy (non-hydrogen) atoms. The molecule has 2 rings (SSSR count). The first-order chi connectivity index (χ1) is 9.69. The summed E-state index contributed by atoms with van der Waals surface area (Å²) in [6.07, 6.45) is 0.376. The number of nitrogens with zero attached hydrogens (tertiary/aromatic N) is 2. The average molecular weight is 309 g/mol. The number of benzene rings is 1. The molecule has 1 N–H and O–H groups in total. The maximum absolute atomic E-state index is 11.0. The molecule has 0 fully saturated rings. The Morgan fingerprint density at radius 3 is 2.95 bits per heavy atom. The first-order valence-electron chi connectivity index (χ1n) is 6.05. The van der Waals surface area contributed by atoms with E-state index in [2.05, 4.69) is 20.3 Å². The van der Waals surface area contributed by atoms with E-state index in [1.165, 1.54) is 30.2 Å². The summed E-state index contributed by atoms with van der Waals surface area (Å²) in [6.45, 7) is 2.04. The van der Waals surface area contributed by atoms with Crippen LogP contribution in [0.3, 0.4) is 0 Å². The fraction of sp³-hybridized carbons (Fsp3) is 0.308. The van der Waals surface area contributed by atoms with Gasteiger partial charge in [-0.05, 0) is 18.6 Å². The first-order valence-corrected chi connectivity index (χ1v) is 7.85. The number of ether oxygens (including phenoxy) is 1. The lowest BCUT2D eigenvalue weighted by molar-refractivity contribution is -0.140.